The highest BCUT2D eigenvalue weighted by Crippen LogP contribution is 2.28. The van der Waals surface area contributed by atoms with Crippen molar-refractivity contribution in [3.8, 4) is 11.5 Å². The summed E-state index contributed by atoms with van der Waals surface area (Å²) in [6.45, 7) is 0.271. The second-order valence-electron chi connectivity index (χ2n) is 5.67. The molecule has 7 heteroatoms. The van der Waals surface area contributed by atoms with Crippen molar-refractivity contribution in [2.45, 2.75) is 6.42 Å². The predicted molar refractivity (Wildman–Crippen MR) is 105 cm³/mol. The van der Waals surface area contributed by atoms with Crippen LogP contribution in [0.25, 0.3) is 6.08 Å². The number of halogens is 1. The van der Waals surface area contributed by atoms with Crippen LogP contribution in [0, 0.1) is 0 Å². The molecule has 2 amide bonds. The number of ether oxygens (including phenoxy) is 2. The molecule has 0 spiro atoms. The molecule has 0 aromatic heterocycles. The topological polar surface area (TPSA) is 90.7 Å². The van der Waals surface area contributed by atoms with E-state index in [1.807, 2.05) is 24.3 Å². The van der Waals surface area contributed by atoms with Crippen molar-refractivity contribution in [2.75, 3.05) is 20.3 Å². The molecule has 0 aliphatic heterocycles. The largest absolute Gasteiger partial charge is 0.493 e. The van der Waals surface area contributed by atoms with Gasteiger partial charge < -0.3 is 20.5 Å². The zero-order chi connectivity index (χ0) is 19.6. The second-order valence-corrected chi connectivity index (χ2v) is 6.11. The van der Waals surface area contributed by atoms with E-state index in [-0.39, 0.29) is 12.5 Å². The lowest BCUT2D eigenvalue weighted by Gasteiger charge is -2.10. The average Bonchev–Trinajstić information content (AvgIpc) is 2.65. The van der Waals surface area contributed by atoms with E-state index in [0.29, 0.717) is 29.5 Å². The monoisotopic (exact) mass is 388 g/mol. The third kappa shape index (κ3) is 7.03. The lowest BCUT2D eigenvalue weighted by molar-refractivity contribution is -0.120. The molecule has 142 valence electrons. The molecule has 2 aromatic rings. The molecule has 0 aliphatic rings. The normalized spacial score (nSPS) is 10.6. The minimum atomic E-state index is -0.574. The Balaban J connectivity index is 1.88. The molecule has 0 atom stereocenters. The van der Waals surface area contributed by atoms with Gasteiger partial charge in [-0.05, 0) is 47.9 Å². The number of carbonyl (C=O) groups excluding carboxylic acids is 2. The number of nitrogens with one attached hydrogen (secondary N) is 1. The Morgan fingerprint density at radius 2 is 2.00 bits per heavy atom. The Bertz CT molecular complexity index is 836. The number of methoxy groups -OCH3 is 1. The first-order chi connectivity index (χ1) is 13.0. The lowest BCUT2D eigenvalue weighted by Crippen LogP contribution is -2.23. The molecular weight excluding hydrogens is 368 g/mol. The van der Waals surface area contributed by atoms with Crippen LogP contribution in [0.3, 0.4) is 0 Å². The van der Waals surface area contributed by atoms with Crippen molar-refractivity contribution >= 4 is 29.5 Å². The summed E-state index contributed by atoms with van der Waals surface area (Å²) in [6.07, 6.45) is 3.80. The molecule has 0 radical (unpaired) electrons. The van der Waals surface area contributed by atoms with Gasteiger partial charge in [0.2, 0.25) is 5.91 Å². The van der Waals surface area contributed by atoms with E-state index in [0.717, 1.165) is 11.1 Å². The third-order valence-electron chi connectivity index (χ3n) is 3.59. The summed E-state index contributed by atoms with van der Waals surface area (Å²) in [5, 5.41) is 3.49. The van der Waals surface area contributed by atoms with Gasteiger partial charge in [-0.25, -0.2) is 0 Å². The van der Waals surface area contributed by atoms with E-state index < -0.39 is 5.91 Å². The summed E-state index contributed by atoms with van der Waals surface area (Å²) >= 11 is 5.93. The SMILES string of the molecule is COc1cc(/C=C/C(=O)NCCc2cccc(Cl)c2)ccc1OCC(N)=O. The summed E-state index contributed by atoms with van der Waals surface area (Å²) in [6, 6.07) is 12.6. The summed E-state index contributed by atoms with van der Waals surface area (Å²) in [5.41, 5.74) is 6.87. The van der Waals surface area contributed by atoms with Gasteiger partial charge in [-0.1, -0.05) is 29.8 Å². The van der Waals surface area contributed by atoms with Crippen LogP contribution in [0.5, 0.6) is 11.5 Å². The first kappa shape index (κ1) is 20.3. The quantitative estimate of drug-likeness (QED) is 0.646. The van der Waals surface area contributed by atoms with Crippen molar-refractivity contribution in [1.29, 1.82) is 0 Å². The molecule has 2 aromatic carbocycles. The van der Waals surface area contributed by atoms with Crippen LogP contribution in [0.15, 0.2) is 48.5 Å². The van der Waals surface area contributed by atoms with Crippen LogP contribution < -0.4 is 20.5 Å². The average molecular weight is 389 g/mol. The van der Waals surface area contributed by atoms with Gasteiger partial charge in [0.1, 0.15) is 0 Å². The maximum absolute atomic E-state index is 11.9. The van der Waals surface area contributed by atoms with Gasteiger partial charge in [-0.15, -0.1) is 0 Å². The molecule has 0 unspecified atom stereocenters. The Morgan fingerprint density at radius 1 is 1.19 bits per heavy atom. The van der Waals surface area contributed by atoms with Gasteiger partial charge in [-0.3, -0.25) is 9.59 Å². The number of nitrogens with two attached hydrogens (primary N) is 1. The number of hydrogen-bond donors (Lipinski definition) is 2. The number of amides is 2. The van der Waals surface area contributed by atoms with Gasteiger partial charge in [0.15, 0.2) is 18.1 Å². The van der Waals surface area contributed by atoms with E-state index in [2.05, 4.69) is 5.32 Å². The van der Waals surface area contributed by atoms with E-state index in [9.17, 15) is 9.59 Å². The van der Waals surface area contributed by atoms with Crippen molar-refractivity contribution in [3.05, 3.63) is 64.7 Å². The van der Waals surface area contributed by atoms with Crippen LogP contribution in [0.4, 0.5) is 0 Å². The van der Waals surface area contributed by atoms with Crippen LogP contribution in [0.1, 0.15) is 11.1 Å². The second kappa shape index (κ2) is 10.2. The number of rotatable bonds is 9. The zero-order valence-corrected chi connectivity index (χ0v) is 15.7. The minimum absolute atomic E-state index is 0.204. The van der Waals surface area contributed by atoms with Crippen molar-refractivity contribution in [3.63, 3.8) is 0 Å². The fourth-order valence-corrected chi connectivity index (χ4v) is 2.52. The highest BCUT2D eigenvalue weighted by molar-refractivity contribution is 6.30. The van der Waals surface area contributed by atoms with Crippen LogP contribution in [-0.2, 0) is 16.0 Å². The highest BCUT2D eigenvalue weighted by Gasteiger charge is 2.06. The fourth-order valence-electron chi connectivity index (χ4n) is 2.31. The molecule has 0 saturated carbocycles. The predicted octanol–water partition coefficient (Wildman–Crippen LogP) is 2.58. The van der Waals surface area contributed by atoms with Crippen molar-refractivity contribution in [2.24, 2.45) is 5.73 Å². The first-order valence-corrected chi connectivity index (χ1v) is 8.65. The molecule has 0 aliphatic carbocycles. The van der Waals surface area contributed by atoms with Crippen LogP contribution >= 0.6 is 11.6 Å². The first-order valence-electron chi connectivity index (χ1n) is 8.27. The fraction of sp³-hybridized carbons (Fsp3) is 0.200. The molecule has 0 saturated heterocycles. The highest BCUT2D eigenvalue weighted by atomic mass is 35.5. The molecule has 6 nitrogen and oxygen atoms in total. The standard InChI is InChI=1S/C20H21ClN2O4/c1-26-18-12-15(5-7-17(18)27-13-19(22)24)6-8-20(25)23-10-9-14-3-2-4-16(21)11-14/h2-8,11-12H,9-10,13H2,1H3,(H2,22,24)(H,23,25)/b8-6+. The lowest BCUT2D eigenvalue weighted by atomic mass is 10.1. The number of hydrogen-bond acceptors (Lipinski definition) is 4. The third-order valence-corrected chi connectivity index (χ3v) is 3.82. The summed E-state index contributed by atoms with van der Waals surface area (Å²) in [5.74, 6) is 0.0692. The summed E-state index contributed by atoms with van der Waals surface area (Å²) < 4.78 is 10.5. The Hall–Kier alpha value is -2.99. The Kier molecular flexibility index (Phi) is 7.70. The smallest absolute Gasteiger partial charge is 0.255 e. The van der Waals surface area contributed by atoms with Crippen molar-refractivity contribution < 1.29 is 19.1 Å². The van der Waals surface area contributed by atoms with E-state index in [4.69, 9.17) is 26.8 Å². The minimum Gasteiger partial charge on any atom is -0.493 e. The number of benzene rings is 2. The molecule has 0 bridgehead atoms. The van der Waals surface area contributed by atoms with Crippen LogP contribution in [-0.4, -0.2) is 32.1 Å². The van der Waals surface area contributed by atoms with Crippen molar-refractivity contribution in [1.82, 2.24) is 5.32 Å². The van der Waals surface area contributed by atoms with Gasteiger partial charge in [0.05, 0.1) is 7.11 Å². The molecular formula is C20H21ClN2O4. The summed E-state index contributed by atoms with van der Waals surface area (Å²) in [4.78, 5) is 22.7. The van der Waals surface area contributed by atoms with Gasteiger partial charge >= 0.3 is 0 Å². The molecule has 0 fully saturated rings. The Morgan fingerprint density at radius 3 is 2.70 bits per heavy atom. The van der Waals surface area contributed by atoms with Gasteiger partial charge in [0, 0.05) is 17.6 Å². The maximum atomic E-state index is 11.9. The van der Waals surface area contributed by atoms with E-state index in [1.54, 1.807) is 24.3 Å². The van der Waals surface area contributed by atoms with Crippen LogP contribution in [0.2, 0.25) is 5.02 Å². The van der Waals surface area contributed by atoms with Gasteiger partial charge in [-0.2, -0.15) is 0 Å². The number of carbonyl (C=O) groups is 2. The van der Waals surface area contributed by atoms with Gasteiger partial charge in [0.25, 0.3) is 5.91 Å². The molecule has 0 heterocycles. The van der Waals surface area contributed by atoms with E-state index >= 15 is 0 Å². The molecule has 3 N–H and O–H groups in total. The Labute approximate surface area is 162 Å². The number of primary amides is 1. The van der Waals surface area contributed by atoms with E-state index in [1.165, 1.54) is 13.2 Å². The maximum Gasteiger partial charge on any atom is 0.255 e. The summed E-state index contributed by atoms with van der Waals surface area (Å²) in [7, 11) is 1.49. The molecule has 27 heavy (non-hydrogen) atoms. The molecule has 2 rings (SSSR count). The zero-order valence-electron chi connectivity index (χ0n) is 14.9.